The van der Waals surface area contributed by atoms with Crippen molar-refractivity contribution in [2.45, 2.75) is 6.42 Å². The number of aromatic nitrogens is 1. The highest BCUT2D eigenvalue weighted by molar-refractivity contribution is 5.63. The van der Waals surface area contributed by atoms with E-state index in [1.54, 1.807) is 0 Å². The minimum absolute atomic E-state index is 0.940. The summed E-state index contributed by atoms with van der Waals surface area (Å²) >= 11 is 0. The van der Waals surface area contributed by atoms with E-state index in [1.165, 1.54) is 16.7 Å². The Morgan fingerprint density at radius 2 is 1.87 bits per heavy atom. The van der Waals surface area contributed by atoms with Gasteiger partial charge >= 0.3 is 0 Å². The van der Waals surface area contributed by atoms with E-state index in [0.717, 1.165) is 6.42 Å². The lowest BCUT2D eigenvalue weighted by atomic mass is 10.1. The first-order valence-electron chi connectivity index (χ1n) is 5.12. The summed E-state index contributed by atoms with van der Waals surface area (Å²) in [5, 5.41) is 0. The summed E-state index contributed by atoms with van der Waals surface area (Å²) in [6.45, 7) is 3.74. The van der Waals surface area contributed by atoms with Crippen molar-refractivity contribution in [1.29, 1.82) is 0 Å². The Hall–Kier alpha value is -1.76. The molecule has 0 N–H and O–H groups in total. The lowest BCUT2D eigenvalue weighted by Crippen LogP contribution is -1.81. The van der Waals surface area contributed by atoms with E-state index in [-0.39, 0.29) is 0 Å². The van der Waals surface area contributed by atoms with Gasteiger partial charge in [0.1, 0.15) is 0 Å². The van der Waals surface area contributed by atoms with Crippen molar-refractivity contribution in [1.82, 2.24) is 4.57 Å². The molecule has 0 aliphatic carbocycles. The fourth-order valence-corrected chi connectivity index (χ4v) is 1.67. The Balaban J connectivity index is 2.27. The van der Waals surface area contributed by atoms with Gasteiger partial charge in [-0.2, -0.15) is 0 Å². The summed E-state index contributed by atoms with van der Waals surface area (Å²) < 4.78 is 2.06. The molecule has 0 bridgehead atoms. The van der Waals surface area contributed by atoms with Crippen LogP contribution in [0.1, 0.15) is 5.56 Å². The van der Waals surface area contributed by atoms with E-state index < -0.39 is 0 Å². The van der Waals surface area contributed by atoms with Crippen LogP contribution in [0.2, 0.25) is 0 Å². The lowest BCUT2D eigenvalue weighted by molar-refractivity contribution is 0.928. The van der Waals surface area contributed by atoms with Crippen LogP contribution in [-0.2, 0) is 13.5 Å². The van der Waals surface area contributed by atoms with Crippen LogP contribution < -0.4 is 0 Å². The molecule has 76 valence electrons. The van der Waals surface area contributed by atoms with Crippen LogP contribution >= 0.6 is 0 Å². The SMILES string of the molecule is C=CCc1ccc(-c2ccn(C)c2)cc1. The second kappa shape index (κ2) is 4.18. The summed E-state index contributed by atoms with van der Waals surface area (Å²) in [7, 11) is 2.04. The van der Waals surface area contributed by atoms with Crippen LogP contribution in [-0.4, -0.2) is 4.57 Å². The third-order valence-corrected chi connectivity index (χ3v) is 2.50. The Morgan fingerprint density at radius 3 is 2.40 bits per heavy atom. The predicted octanol–water partition coefficient (Wildman–Crippen LogP) is 3.42. The molecule has 0 saturated carbocycles. The molecule has 0 aliphatic heterocycles. The van der Waals surface area contributed by atoms with Crippen LogP contribution in [0.3, 0.4) is 0 Å². The van der Waals surface area contributed by atoms with E-state index in [9.17, 15) is 0 Å². The summed E-state index contributed by atoms with van der Waals surface area (Å²) in [6.07, 6.45) is 7.06. The van der Waals surface area contributed by atoms with Gasteiger partial charge in [0.2, 0.25) is 0 Å². The molecule has 0 saturated heterocycles. The summed E-state index contributed by atoms with van der Waals surface area (Å²) in [6, 6.07) is 10.8. The molecule has 0 atom stereocenters. The molecule has 2 rings (SSSR count). The van der Waals surface area contributed by atoms with Crippen LogP contribution in [0.25, 0.3) is 11.1 Å². The minimum atomic E-state index is 0.940. The predicted molar refractivity (Wildman–Crippen MR) is 64.8 cm³/mol. The largest absolute Gasteiger partial charge is 0.357 e. The van der Waals surface area contributed by atoms with Gasteiger partial charge in [-0.25, -0.2) is 0 Å². The van der Waals surface area contributed by atoms with Crippen LogP contribution in [0, 0.1) is 0 Å². The summed E-state index contributed by atoms with van der Waals surface area (Å²) in [5.41, 5.74) is 3.84. The first kappa shape index (κ1) is 9.78. The molecular formula is C14H15N. The van der Waals surface area contributed by atoms with Gasteiger partial charge in [-0.15, -0.1) is 6.58 Å². The fourth-order valence-electron chi connectivity index (χ4n) is 1.67. The van der Waals surface area contributed by atoms with Crippen LogP contribution in [0.4, 0.5) is 0 Å². The second-order valence-corrected chi connectivity index (χ2v) is 3.76. The van der Waals surface area contributed by atoms with Crippen molar-refractivity contribution in [2.24, 2.45) is 7.05 Å². The third-order valence-electron chi connectivity index (χ3n) is 2.50. The highest BCUT2D eigenvalue weighted by atomic mass is 14.9. The topological polar surface area (TPSA) is 4.93 Å². The number of aryl methyl sites for hydroxylation is 1. The van der Waals surface area contributed by atoms with Gasteiger partial charge in [-0.3, -0.25) is 0 Å². The van der Waals surface area contributed by atoms with Crippen molar-refractivity contribution in [2.75, 3.05) is 0 Å². The lowest BCUT2D eigenvalue weighted by Gasteiger charge is -2.00. The smallest absolute Gasteiger partial charge is 0.0110 e. The number of nitrogens with zero attached hydrogens (tertiary/aromatic N) is 1. The fraction of sp³-hybridized carbons (Fsp3) is 0.143. The second-order valence-electron chi connectivity index (χ2n) is 3.76. The molecular weight excluding hydrogens is 182 g/mol. The highest BCUT2D eigenvalue weighted by Crippen LogP contribution is 2.19. The quantitative estimate of drug-likeness (QED) is 0.664. The van der Waals surface area contributed by atoms with Gasteiger partial charge in [0.05, 0.1) is 0 Å². The van der Waals surface area contributed by atoms with Crippen molar-refractivity contribution in [3.05, 3.63) is 60.9 Å². The van der Waals surface area contributed by atoms with E-state index in [1.807, 2.05) is 13.1 Å². The zero-order valence-corrected chi connectivity index (χ0v) is 8.98. The maximum Gasteiger partial charge on any atom is 0.0110 e. The maximum atomic E-state index is 3.74. The van der Waals surface area contributed by atoms with Gasteiger partial charge in [-0.05, 0) is 29.2 Å². The van der Waals surface area contributed by atoms with Crippen molar-refractivity contribution < 1.29 is 0 Å². The molecule has 0 spiro atoms. The Morgan fingerprint density at radius 1 is 1.13 bits per heavy atom. The van der Waals surface area contributed by atoms with E-state index in [2.05, 4.69) is 53.9 Å². The molecule has 1 aromatic heterocycles. The normalized spacial score (nSPS) is 10.2. The number of benzene rings is 1. The van der Waals surface area contributed by atoms with Crippen LogP contribution in [0.5, 0.6) is 0 Å². The van der Waals surface area contributed by atoms with Gasteiger partial charge in [0.25, 0.3) is 0 Å². The Labute approximate surface area is 90.7 Å². The van der Waals surface area contributed by atoms with E-state index in [0.29, 0.717) is 0 Å². The molecule has 0 amide bonds. The number of rotatable bonds is 3. The molecule has 2 aromatic rings. The number of hydrogen-bond acceptors (Lipinski definition) is 0. The molecule has 1 heteroatoms. The molecule has 0 radical (unpaired) electrons. The summed E-state index contributed by atoms with van der Waals surface area (Å²) in [4.78, 5) is 0. The molecule has 0 fully saturated rings. The zero-order chi connectivity index (χ0) is 10.7. The van der Waals surface area contributed by atoms with Gasteiger partial charge in [0.15, 0.2) is 0 Å². The minimum Gasteiger partial charge on any atom is -0.357 e. The monoisotopic (exact) mass is 197 g/mol. The van der Waals surface area contributed by atoms with Crippen molar-refractivity contribution >= 4 is 0 Å². The first-order chi connectivity index (χ1) is 7.29. The maximum absolute atomic E-state index is 3.74. The van der Waals surface area contributed by atoms with Crippen LogP contribution in [0.15, 0.2) is 55.4 Å². The van der Waals surface area contributed by atoms with Gasteiger partial charge in [-0.1, -0.05) is 30.3 Å². The average molecular weight is 197 g/mol. The van der Waals surface area contributed by atoms with E-state index >= 15 is 0 Å². The highest BCUT2D eigenvalue weighted by Gasteiger charge is 1.98. The molecule has 0 unspecified atom stereocenters. The first-order valence-corrected chi connectivity index (χ1v) is 5.12. The molecule has 1 heterocycles. The number of hydrogen-bond donors (Lipinski definition) is 0. The molecule has 0 aliphatic rings. The summed E-state index contributed by atoms with van der Waals surface area (Å²) in [5.74, 6) is 0. The van der Waals surface area contributed by atoms with E-state index in [4.69, 9.17) is 0 Å². The molecule has 1 nitrogen and oxygen atoms in total. The average Bonchev–Trinajstić information content (AvgIpc) is 2.67. The third kappa shape index (κ3) is 2.18. The molecule has 1 aromatic carbocycles. The van der Waals surface area contributed by atoms with Crippen molar-refractivity contribution in [3.8, 4) is 11.1 Å². The van der Waals surface area contributed by atoms with Gasteiger partial charge < -0.3 is 4.57 Å². The Kier molecular flexibility index (Phi) is 2.72. The van der Waals surface area contributed by atoms with Gasteiger partial charge in [0, 0.05) is 19.4 Å². The standard InChI is InChI=1S/C14H15N/c1-3-4-12-5-7-13(8-6-12)14-9-10-15(2)11-14/h3,5-11H,1,4H2,2H3. The van der Waals surface area contributed by atoms with Crippen molar-refractivity contribution in [3.63, 3.8) is 0 Å². The molecule has 15 heavy (non-hydrogen) atoms. The number of allylic oxidation sites excluding steroid dienone is 1. The Bertz CT molecular complexity index is 448. The zero-order valence-electron chi connectivity index (χ0n) is 8.98.